The summed E-state index contributed by atoms with van der Waals surface area (Å²) < 4.78 is 8.02. The van der Waals surface area contributed by atoms with Crippen LogP contribution in [0.2, 0.25) is 0 Å². The number of pyridine rings is 1. The molecule has 0 radical (unpaired) electrons. The van der Waals surface area contributed by atoms with Crippen molar-refractivity contribution in [3.05, 3.63) is 71.1 Å². The van der Waals surface area contributed by atoms with Crippen LogP contribution < -0.4 is 5.32 Å². The Kier molecular flexibility index (Phi) is 5.93. The highest BCUT2D eigenvalue weighted by atomic mass is 32.1. The van der Waals surface area contributed by atoms with E-state index < -0.39 is 0 Å². The number of carbonyl (C=O) groups is 1. The van der Waals surface area contributed by atoms with Gasteiger partial charge in [-0.2, -0.15) is 5.10 Å². The normalized spacial score (nSPS) is 17.0. The third kappa shape index (κ3) is 4.40. The van der Waals surface area contributed by atoms with Crippen LogP contribution in [0, 0.1) is 0 Å². The number of fused-ring (bicyclic) bond motifs is 1. The Morgan fingerprint density at radius 1 is 1.34 bits per heavy atom. The fourth-order valence-corrected chi connectivity index (χ4v) is 4.47. The number of rotatable bonds is 6. The number of hydrogen-bond donors (Lipinski definition) is 1. The molecule has 1 saturated heterocycles. The average molecular weight is 449 g/mol. The minimum atomic E-state index is -0.207. The number of morpholine rings is 1. The van der Waals surface area contributed by atoms with Crippen molar-refractivity contribution in [2.75, 3.05) is 25.0 Å². The molecule has 1 aliphatic rings. The Hall–Kier alpha value is -3.14. The number of anilines is 1. The quantitative estimate of drug-likeness (QED) is 0.484. The first kappa shape index (κ1) is 20.7. The number of aryl methyl sites for hydroxylation is 1. The van der Waals surface area contributed by atoms with Crippen LogP contribution >= 0.6 is 11.3 Å². The molecule has 0 saturated carbocycles. The van der Waals surface area contributed by atoms with E-state index >= 15 is 0 Å². The third-order valence-corrected chi connectivity index (χ3v) is 6.22. The summed E-state index contributed by atoms with van der Waals surface area (Å²) in [4.78, 5) is 24.4. The number of aromatic nitrogens is 4. The molecule has 1 N–H and O–H groups in total. The number of para-hydroxylation sites is 1. The van der Waals surface area contributed by atoms with Crippen LogP contribution in [0.3, 0.4) is 0 Å². The van der Waals surface area contributed by atoms with Crippen molar-refractivity contribution in [2.24, 2.45) is 0 Å². The molecule has 5 rings (SSSR count). The van der Waals surface area contributed by atoms with Crippen LogP contribution in [0.1, 0.15) is 34.6 Å². The maximum atomic E-state index is 13.1. The number of thiazole rings is 1. The van der Waals surface area contributed by atoms with Gasteiger partial charge in [-0.3, -0.25) is 19.7 Å². The summed E-state index contributed by atoms with van der Waals surface area (Å²) in [5, 5.41) is 10.5. The van der Waals surface area contributed by atoms with Gasteiger partial charge in [0.05, 0.1) is 29.6 Å². The molecule has 1 amide bonds. The molecule has 8 nitrogen and oxygen atoms in total. The Labute approximate surface area is 189 Å². The second kappa shape index (κ2) is 9.15. The van der Waals surface area contributed by atoms with Gasteiger partial charge >= 0.3 is 0 Å². The highest BCUT2D eigenvalue weighted by Crippen LogP contribution is 2.27. The monoisotopic (exact) mass is 448 g/mol. The molecule has 0 aliphatic carbocycles. The molecule has 3 aromatic heterocycles. The Morgan fingerprint density at radius 2 is 2.25 bits per heavy atom. The minimum Gasteiger partial charge on any atom is -0.369 e. The number of hydrogen-bond acceptors (Lipinski definition) is 7. The average Bonchev–Trinajstić information content (AvgIpc) is 3.50. The summed E-state index contributed by atoms with van der Waals surface area (Å²) in [5.74, 6) is -0.195. The van der Waals surface area contributed by atoms with E-state index in [1.165, 1.54) is 16.9 Å². The summed E-state index contributed by atoms with van der Waals surface area (Å²) in [6, 6.07) is 9.55. The van der Waals surface area contributed by atoms with E-state index in [0.29, 0.717) is 23.8 Å². The lowest BCUT2D eigenvalue weighted by atomic mass is 10.0. The molecule has 1 atom stereocenters. The summed E-state index contributed by atoms with van der Waals surface area (Å²) in [6.07, 6.45) is 5.47. The van der Waals surface area contributed by atoms with Crippen molar-refractivity contribution in [1.29, 1.82) is 0 Å². The zero-order chi connectivity index (χ0) is 21.9. The predicted molar refractivity (Wildman–Crippen MR) is 124 cm³/mol. The molecule has 4 heterocycles. The maximum Gasteiger partial charge on any atom is 0.258 e. The van der Waals surface area contributed by atoms with Crippen molar-refractivity contribution >= 4 is 33.3 Å². The second-order valence-electron chi connectivity index (χ2n) is 7.70. The number of ether oxygens (including phenoxy) is 1. The number of nitrogens with one attached hydrogen (secondary N) is 1. The van der Waals surface area contributed by atoms with Crippen LogP contribution in [0.25, 0.3) is 10.9 Å². The lowest BCUT2D eigenvalue weighted by Gasteiger charge is -2.32. The molecule has 0 spiro atoms. The number of carbonyl (C=O) groups excluding carboxylic acids is 1. The fourth-order valence-electron chi connectivity index (χ4n) is 3.94. The molecule has 1 aliphatic heterocycles. The van der Waals surface area contributed by atoms with Gasteiger partial charge in [0.1, 0.15) is 6.10 Å². The third-order valence-electron chi connectivity index (χ3n) is 5.53. The maximum absolute atomic E-state index is 13.1. The van der Waals surface area contributed by atoms with E-state index in [9.17, 15) is 4.79 Å². The Bertz CT molecular complexity index is 1220. The second-order valence-corrected chi connectivity index (χ2v) is 8.60. The van der Waals surface area contributed by atoms with E-state index in [-0.39, 0.29) is 12.0 Å². The van der Waals surface area contributed by atoms with Crippen LogP contribution in [0.15, 0.2) is 54.3 Å². The van der Waals surface area contributed by atoms with E-state index in [1.807, 2.05) is 46.6 Å². The van der Waals surface area contributed by atoms with E-state index in [1.54, 1.807) is 6.20 Å². The summed E-state index contributed by atoms with van der Waals surface area (Å²) in [7, 11) is 0. The molecule has 32 heavy (non-hydrogen) atoms. The van der Waals surface area contributed by atoms with Crippen LogP contribution in [-0.2, 0) is 17.8 Å². The Morgan fingerprint density at radius 3 is 3.06 bits per heavy atom. The van der Waals surface area contributed by atoms with Gasteiger partial charge in [0.25, 0.3) is 5.91 Å². The van der Waals surface area contributed by atoms with Crippen molar-refractivity contribution in [2.45, 2.75) is 26.1 Å². The first-order chi connectivity index (χ1) is 15.7. The molecular weight excluding hydrogens is 424 g/mol. The molecule has 1 fully saturated rings. The molecule has 0 bridgehead atoms. The van der Waals surface area contributed by atoms with Gasteiger partial charge in [-0.25, -0.2) is 9.97 Å². The van der Waals surface area contributed by atoms with E-state index in [2.05, 4.69) is 33.4 Å². The first-order valence-electron chi connectivity index (χ1n) is 10.7. The van der Waals surface area contributed by atoms with Gasteiger partial charge < -0.3 is 4.74 Å². The summed E-state index contributed by atoms with van der Waals surface area (Å²) >= 11 is 1.39. The highest BCUT2D eigenvalue weighted by molar-refractivity contribution is 7.13. The van der Waals surface area contributed by atoms with E-state index in [4.69, 9.17) is 9.72 Å². The zero-order valence-electron chi connectivity index (χ0n) is 17.8. The summed E-state index contributed by atoms with van der Waals surface area (Å²) in [6.45, 7) is 5.91. The largest absolute Gasteiger partial charge is 0.369 e. The lowest BCUT2D eigenvalue weighted by Crippen LogP contribution is -2.38. The van der Waals surface area contributed by atoms with Gasteiger partial charge in [0.15, 0.2) is 5.13 Å². The number of amides is 1. The fraction of sp³-hybridized carbons (Fsp3) is 0.304. The Balaban J connectivity index is 1.41. The molecule has 1 aromatic carbocycles. The number of benzene rings is 1. The number of nitrogens with zero attached hydrogens (tertiary/aromatic N) is 5. The zero-order valence-corrected chi connectivity index (χ0v) is 18.6. The van der Waals surface area contributed by atoms with Crippen molar-refractivity contribution in [1.82, 2.24) is 24.6 Å². The topological polar surface area (TPSA) is 85.2 Å². The van der Waals surface area contributed by atoms with Gasteiger partial charge in [-0.1, -0.05) is 18.2 Å². The van der Waals surface area contributed by atoms with Gasteiger partial charge in [-0.05, 0) is 19.1 Å². The smallest absolute Gasteiger partial charge is 0.258 e. The van der Waals surface area contributed by atoms with Crippen molar-refractivity contribution < 1.29 is 9.53 Å². The lowest BCUT2D eigenvalue weighted by molar-refractivity contribution is -0.0348. The minimum absolute atomic E-state index is 0.195. The molecule has 4 aromatic rings. The van der Waals surface area contributed by atoms with Crippen molar-refractivity contribution in [3.63, 3.8) is 0 Å². The molecule has 9 heteroatoms. The first-order valence-corrected chi connectivity index (χ1v) is 11.5. The SMILES string of the molecule is CCn1cc(CN2CCO[C@@H](c3cc(C(=O)Nc4nccs4)c4ccccc4n3)C2)cn1. The summed E-state index contributed by atoms with van der Waals surface area (Å²) in [5.41, 5.74) is 3.30. The van der Waals surface area contributed by atoms with Crippen LogP contribution in [-0.4, -0.2) is 50.3 Å². The van der Waals surface area contributed by atoms with Crippen LogP contribution in [0.4, 0.5) is 5.13 Å². The van der Waals surface area contributed by atoms with E-state index in [0.717, 1.165) is 36.2 Å². The highest BCUT2D eigenvalue weighted by Gasteiger charge is 2.25. The molecular formula is C23H24N6O2S. The van der Waals surface area contributed by atoms with Crippen LogP contribution in [0.5, 0.6) is 0 Å². The predicted octanol–water partition coefficient (Wildman–Crippen LogP) is 3.73. The van der Waals surface area contributed by atoms with Gasteiger partial charge in [-0.15, -0.1) is 11.3 Å². The molecule has 164 valence electrons. The standard InChI is InChI=1S/C23H24N6O2S/c1-2-29-14-16(12-25-29)13-28-8-9-31-21(15-28)20-11-18(17-5-3-4-6-19(17)26-20)22(30)27-23-24-7-10-32-23/h3-7,10-12,14,21H,2,8-9,13,15H2,1H3,(H,24,27,30)/t21-/m1/s1. The molecule has 0 unspecified atom stereocenters. The van der Waals surface area contributed by atoms with Gasteiger partial charge in [0.2, 0.25) is 0 Å². The van der Waals surface area contributed by atoms with Gasteiger partial charge in [0, 0.05) is 54.9 Å². The van der Waals surface area contributed by atoms with Crippen molar-refractivity contribution in [3.8, 4) is 0 Å².